The van der Waals surface area contributed by atoms with Gasteiger partial charge in [-0.1, -0.05) is 6.42 Å². The number of aliphatic hydroxyl groups excluding tert-OH is 1. The Balaban J connectivity index is 2.13. The third-order valence-electron chi connectivity index (χ3n) is 3.71. The number of sulfone groups is 1. The Bertz CT molecular complexity index is 502. The molecule has 1 atom stereocenters. The largest absolute Gasteiger partial charge is 0.395 e. The lowest BCUT2D eigenvalue weighted by Crippen LogP contribution is -2.55. The van der Waals surface area contributed by atoms with Crippen LogP contribution in [0.5, 0.6) is 0 Å². The molecule has 1 unspecified atom stereocenters. The van der Waals surface area contributed by atoms with Crippen molar-refractivity contribution in [3.8, 4) is 0 Å². The van der Waals surface area contributed by atoms with Gasteiger partial charge in [0.2, 0.25) is 0 Å². The van der Waals surface area contributed by atoms with Crippen LogP contribution in [-0.4, -0.2) is 74.3 Å². The first-order valence-corrected chi connectivity index (χ1v) is 9.67. The van der Waals surface area contributed by atoms with Gasteiger partial charge in [0.25, 0.3) is 10.2 Å². The zero-order valence-corrected chi connectivity index (χ0v) is 12.4. The van der Waals surface area contributed by atoms with Crippen molar-refractivity contribution in [2.45, 2.75) is 25.3 Å². The average molecular weight is 312 g/mol. The van der Waals surface area contributed by atoms with Crippen LogP contribution in [0.1, 0.15) is 19.3 Å². The maximum atomic E-state index is 12.5. The average Bonchev–Trinajstić information content (AvgIpc) is 2.38. The van der Waals surface area contributed by atoms with Crippen LogP contribution in [0, 0.1) is 0 Å². The fourth-order valence-corrected chi connectivity index (χ4v) is 5.82. The zero-order valence-electron chi connectivity index (χ0n) is 10.7. The molecule has 0 spiro atoms. The zero-order chi connectivity index (χ0) is 14.1. The van der Waals surface area contributed by atoms with E-state index in [1.807, 2.05) is 0 Å². The first-order valence-electron chi connectivity index (χ1n) is 6.45. The molecule has 0 aromatic carbocycles. The van der Waals surface area contributed by atoms with Gasteiger partial charge in [-0.05, 0) is 12.8 Å². The standard InChI is InChI=1S/C10H20N2O5S2/c13-9-10-3-1-2-4-12(10)19(16,17)11-5-7-18(14,15)8-6-11/h10,13H,1-9H2. The molecule has 7 nitrogen and oxygen atoms in total. The second kappa shape index (κ2) is 5.65. The molecule has 0 radical (unpaired) electrons. The molecule has 0 aliphatic carbocycles. The number of hydrogen-bond acceptors (Lipinski definition) is 5. The number of aliphatic hydroxyl groups is 1. The van der Waals surface area contributed by atoms with Gasteiger partial charge < -0.3 is 5.11 Å². The van der Waals surface area contributed by atoms with E-state index in [1.165, 1.54) is 8.61 Å². The fraction of sp³-hybridized carbons (Fsp3) is 1.00. The van der Waals surface area contributed by atoms with E-state index < -0.39 is 20.0 Å². The number of hydrogen-bond donors (Lipinski definition) is 1. The van der Waals surface area contributed by atoms with E-state index in [4.69, 9.17) is 0 Å². The minimum atomic E-state index is -3.65. The van der Waals surface area contributed by atoms with Crippen LogP contribution >= 0.6 is 0 Å². The summed E-state index contributed by atoms with van der Waals surface area (Å²) in [4.78, 5) is 0. The Kier molecular flexibility index (Phi) is 4.51. The van der Waals surface area contributed by atoms with Crippen LogP contribution in [0.25, 0.3) is 0 Å². The van der Waals surface area contributed by atoms with E-state index in [9.17, 15) is 21.9 Å². The van der Waals surface area contributed by atoms with Gasteiger partial charge in [0.05, 0.1) is 18.1 Å². The van der Waals surface area contributed by atoms with Crippen molar-refractivity contribution in [3.05, 3.63) is 0 Å². The van der Waals surface area contributed by atoms with Crippen LogP contribution in [0.3, 0.4) is 0 Å². The van der Waals surface area contributed by atoms with E-state index in [2.05, 4.69) is 0 Å². The molecule has 2 fully saturated rings. The second-order valence-electron chi connectivity index (χ2n) is 5.00. The Hall–Kier alpha value is -0.220. The smallest absolute Gasteiger partial charge is 0.282 e. The van der Waals surface area contributed by atoms with Crippen molar-refractivity contribution >= 4 is 20.0 Å². The van der Waals surface area contributed by atoms with Crippen molar-refractivity contribution in [1.82, 2.24) is 8.61 Å². The van der Waals surface area contributed by atoms with Gasteiger partial charge in [-0.15, -0.1) is 0 Å². The summed E-state index contributed by atoms with van der Waals surface area (Å²) in [6, 6.07) is -0.378. The maximum Gasteiger partial charge on any atom is 0.282 e. The molecule has 2 rings (SSSR count). The van der Waals surface area contributed by atoms with Crippen LogP contribution < -0.4 is 0 Å². The summed E-state index contributed by atoms with van der Waals surface area (Å²) in [6.45, 7) is 0.237. The highest BCUT2D eigenvalue weighted by atomic mass is 32.2. The summed E-state index contributed by atoms with van der Waals surface area (Å²) in [5, 5.41) is 9.29. The summed E-state index contributed by atoms with van der Waals surface area (Å²) in [5.41, 5.74) is 0. The highest BCUT2D eigenvalue weighted by molar-refractivity contribution is 7.91. The molecule has 0 saturated carbocycles. The Morgan fingerprint density at radius 1 is 1.11 bits per heavy atom. The summed E-state index contributed by atoms with van der Waals surface area (Å²) in [7, 11) is -6.75. The predicted octanol–water partition coefficient (Wildman–Crippen LogP) is -1.19. The summed E-state index contributed by atoms with van der Waals surface area (Å²) in [6.07, 6.45) is 2.34. The number of rotatable bonds is 3. The summed E-state index contributed by atoms with van der Waals surface area (Å²) >= 11 is 0. The molecule has 0 bridgehead atoms. The lowest BCUT2D eigenvalue weighted by atomic mass is 10.1. The molecule has 112 valence electrons. The van der Waals surface area contributed by atoms with E-state index in [1.54, 1.807) is 0 Å². The quantitative estimate of drug-likeness (QED) is 0.707. The fourth-order valence-electron chi connectivity index (χ4n) is 2.53. The Morgan fingerprint density at radius 2 is 1.74 bits per heavy atom. The molecular weight excluding hydrogens is 292 g/mol. The van der Waals surface area contributed by atoms with Gasteiger partial charge in [0.15, 0.2) is 9.84 Å². The van der Waals surface area contributed by atoms with E-state index in [-0.39, 0.29) is 37.2 Å². The maximum absolute atomic E-state index is 12.5. The molecule has 2 aliphatic heterocycles. The van der Waals surface area contributed by atoms with Gasteiger partial charge in [0, 0.05) is 25.7 Å². The molecule has 9 heteroatoms. The molecule has 0 aromatic rings. The molecule has 19 heavy (non-hydrogen) atoms. The lowest BCUT2D eigenvalue weighted by Gasteiger charge is -2.38. The van der Waals surface area contributed by atoms with Gasteiger partial charge >= 0.3 is 0 Å². The van der Waals surface area contributed by atoms with Crippen LogP contribution in [0.2, 0.25) is 0 Å². The van der Waals surface area contributed by atoms with Gasteiger partial charge in [0.1, 0.15) is 0 Å². The Labute approximate surface area is 114 Å². The van der Waals surface area contributed by atoms with Gasteiger partial charge in [-0.2, -0.15) is 17.0 Å². The first kappa shape index (κ1) is 15.2. The van der Waals surface area contributed by atoms with Crippen molar-refractivity contribution in [2.24, 2.45) is 0 Å². The minimum Gasteiger partial charge on any atom is -0.395 e. The predicted molar refractivity (Wildman–Crippen MR) is 70.6 cm³/mol. The summed E-state index contributed by atoms with van der Waals surface area (Å²) < 4.78 is 50.2. The van der Waals surface area contributed by atoms with Crippen LogP contribution in [0.15, 0.2) is 0 Å². The molecule has 2 heterocycles. The first-order chi connectivity index (χ1) is 8.87. The van der Waals surface area contributed by atoms with Crippen molar-refractivity contribution in [1.29, 1.82) is 0 Å². The third-order valence-corrected chi connectivity index (χ3v) is 7.41. The Morgan fingerprint density at radius 3 is 2.32 bits per heavy atom. The molecular formula is C10H20N2O5S2. The topological polar surface area (TPSA) is 95.0 Å². The monoisotopic (exact) mass is 312 g/mol. The number of piperidine rings is 1. The second-order valence-corrected chi connectivity index (χ2v) is 9.19. The normalized spacial score (nSPS) is 30.3. The molecule has 2 saturated heterocycles. The van der Waals surface area contributed by atoms with Crippen molar-refractivity contribution in [2.75, 3.05) is 37.7 Å². The van der Waals surface area contributed by atoms with Crippen molar-refractivity contribution < 1.29 is 21.9 Å². The molecule has 2 aliphatic rings. The summed E-state index contributed by atoms with van der Waals surface area (Å²) in [5.74, 6) is -0.242. The van der Waals surface area contributed by atoms with Crippen LogP contribution in [-0.2, 0) is 20.0 Å². The molecule has 1 N–H and O–H groups in total. The molecule has 0 aromatic heterocycles. The van der Waals surface area contributed by atoms with Gasteiger partial charge in [-0.25, -0.2) is 8.42 Å². The minimum absolute atomic E-state index is 0.0132. The van der Waals surface area contributed by atoms with Crippen LogP contribution in [0.4, 0.5) is 0 Å². The highest BCUT2D eigenvalue weighted by Crippen LogP contribution is 2.23. The molecule has 0 amide bonds. The van der Waals surface area contributed by atoms with Gasteiger partial charge in [-0.3, -0.25) is 0 Å². The van der Waals surface area contributed by atoms with E-state index in [0.717, 1.165) is 12.8 Å². The highest BCUT2D eigenvalue weighted by Gasteiger charge is 2.38. The third kappa shape index (κ3) is 3.27. The number of nitrogens with zero attached hydrogens (tertiary/aromatic N) is 2. The van der Waals surface area contributed by atoms with E-state index >= 15 is 0 Å². The van der Waals surface area contributed by atoms with E-state index in [0.29, 0.717) is 13.0 Å². The SMILES string of the molecule is O=S1(=O)CCN(S(=O)(=O)N2CCCCC2CO)CC1. The van der Waals surface area contributed by atoms with Crippen molar-refractivity contribution in [3.63, 3.8) is 0 Å². The lowest BCUT2D eigenvalue weighted by molar-refractivity contribution is 0.148.